The van der Waals surface area contributed by atoms with Gasteiger partial charge in [-0.05, 0) is 30.2 Å². The first kappa shape index (κ1) is 15.4. The van der Waals surface area contributed by atoms with Crippen molar-refractivity contribution in [2.75, 3.05) is 0 Å². The minimum absolute atomic E-state index is 0.295. The SMILES string of the molecule is CC.CC.CCc1ccc2oc(=O)ccc2c1. The summed E-state index contributed by atoms with van der Waals surface area (Å²) < 4.78 is 5.01. The lowest BCUT2D eigenvalue weighted by molar-refractivity contribution is 0.561. The van der Waals surface area contributed by atoms with Gasteiger partial charge in [0.15, 0.2) is 0 Å². The van der Waals surface area contributed by atoms with E-state index in [0.717, 1.165) is 11.8 Å². The minimum Gasteiger partial charge on any atom is -0.423 e. The number of hydrogen-bond donors (Lipinski definition) is 0. The normalized spacial score (nSPS) is 8.76. The van der Waals surface area contributed by atoms with Crippen molar-refractivity contribution in [1.29, 1.82) is 0 Å². The highest BCUT2D eigenvalue weighted by molar-refractivity contribution is 5.76. The van der Waals surface area contributed by atoms with Gasteiger partial charge in [-0.3, -0.25) is 0 Å². The highest BCUT2D eigenvalue weighted by Gasteiger charge is 1.96. The number of rotatable bonds is 1. The van der Waals surface area contributed by atoms with E-state index < -0.39 is 0 Å². The molecule has 0 atom stereocenters. The molecule has 1 aromatic heterocycles. The maximum atomic E-state index is 10.9. The van der Waals surface area contributed by atoms with Crippen LogP contribution in [0.1, 0.15) is 40.2 Å². The molecule has 1 aromatic carbocycles. The zero-order chi connectivity index (χ0) is 13.3. The van der Waals surface area contributed by atoms with E-state index in [1.54, 1.807) is 6.07 Å². The van der Waals surface area contributed by atoms with Gasteiger partial charge < -0.3 is 4.42 Å². The second kappa shape index (κ2) is 8.57. The van der Waals surface area contributed by atoms with Crippen molar-refractivity contribution in [3.63, 3.8) is 0 Å². The molecule has 0 aliphatic rings. The van der Waals surface area contributed by atoms with Gasteiger partial charge in [-0.25, -0.2) is 4.79 Å². The van der Waals surface area contributed by atoms with Crippen LogP contribution in [0.4, 0.5) is 0 Å². The average molecular weight is 234 g/mol. The first-order valence-corrected chi connectivity index (χ1v) is 6.32. The van der Waals surface area contributed by atoms with Crippen LogP contribution in [-0.4, -0.2) is 0 Å². The molecule has 0 unspecified atom stereocenters. The van der Waals surface area contributed by atoms with Crippen molar-refractivity contribution < 1.29 is 4.42 Å². The Morgan fingerprint density at radius 1 is 1.00 bits per heavy atom. The van der Waals surface area contributed by atoms with Crippen molar-refractivity contribution in [3.8, 4) is 0 Å². The molecule has 0 saturated heterocycles. The predicted octanol–water partition coefficient (Wildman–Crippen LogP) is 4.41. The molecule has 0 saturated carbocycles. The Hall–Kier alpha value is -1.57. The van der Waals surface area contributed by atoms with Crippen LogP contribution in [0.25, 0.3) is 11.0 Å². The lowest BCUT2D eigenvalue weighted by Gasteiger charge is -1.98. The highest BCUT2D eigenvalue weighted by Crippen LogP contribution is 2.13. The molecule has 0 aliphatic heterocycles. The third-order valence-electron chi connectivity index (χ3n) is 2.09. The Morgan fingerprint density at radius 3 is 2.24 bits per heavy atom. The summed E-state index contributed by atoms with van der Waals surface area (Å²) in [5.41, 5.74) is 1.61. The molecule has 2 rings (SSSR count). The summed E-state index contributed by atoms with van der Waals surface area (Å²) >= 11 is 0. The number of benzene rings is 1. The fraction of sp³-hybridized carbons (Fsp3) is 0.400. The van der Waals surface area contributed by atoms with Gasteiger partial charge in [0.2, 0.25) is 0 Å². The summed E-state index contributed by atoms with van der Waals surface area (Å²) in [7, 11) is 0. The van der Waals surface area contributed by atoms with Crippen LogP contribution in [-0.2, 0) is 6.42 Å². The van der Waals surface area contributed by atoms with Gasteiger partial charge in [-0.15, -0.1) is 0 Å². The molecule has 17 heavy (non-hydrogen) atoms. The third kappa shape index (κ3) is 4.43. The Bertz CT molecular complexity index is 483. The van der Waals surface area contributed by atoms with Crippen LogP contribution in [0, 0.1) is 0 Å². The summed E-state index contributed by atoms with van der Waals surface area (Å²) in [6, 6.07) is 9.10. The van der Waals surface area contributed by atoms with Crippen LogP contribution >= 0.6 is 0 Å². The Morgan fingerprint density at radius 2 is 1.65 bits per heavy atom. The van der Waals surface area contributed by atoms with Crippen LogP contribution < -0.4 is 5.63 Å². The van der Waals surface area contributed by atoms with E-state index in [-0.39, 0.29) is 5.63 Å². The smallest absolute Gasteiger partial charge is 0.336 e. The molecule has 0 fully saturated rings. The third-order valence-corrected chi connectivity index (χ3v) is 2.09. The van der Waals surface area contributed by atoms with Crippen LogP contribution in [0.5, 0.6) is 0 Å². The largest absolute Gasteiger partial charge is 0.423 e. The van der Waals surface area contributed by atoms with Crippen molar-refractivity contribution >= 4 is 11.0 Å². The fourth-order valence-electron chi connectivity index (χ4n) is 1.34. The summed E-state index contributed by atoms with van der Waals surface area (Å²) in [6.07, 6.45) is 0.995. The van der Waals surface area contributed by atoms with E-state index in [1.807, 2.05) is 45.9 Å². The summed E-state index contributed by atoms with van der Waals surface area (Å²) in [4.78, 5) is 10.9. The second-order valence-electron chi connectivity index (χ2n) is 2.98. The van der Waals surface area contributed by atoms with E-state index in [1.165, 1.54) is 11.6 Å². The molecule has 0 spiro atoms. The van der Waals surface area contributed by atoms with Gasteiger partial charge in [-0.1, -0.05) is 40.7 Å². The van der Waals surface area contributed by atoms with Crippen molar-refractivity contribution in [2.24, 2.45) is 0 Å². The van der Waals surface area contributed by atoms with Gasteiger partial charge in [0.25, 0.3) is 0 Å². The van der Waals surface area contributed by atoms with E-state index in [4.69, 9.17) is 4.42 Å². The van der Waals surface area contributed by atoms with Crippen LogP contribution in [0.2, 0.25) is 0 Å². The van der Waals surface area contributed by atoms with E-state index in [2.05, 4.69) is 6.92 Å². The second-order valence-corrected chi connectivity index (χ2v) is 2.98. The standard InChI is InChI=1S/C11H10O2.2C2H6/c1-2-8-3-5-10-9(7-8)4-6-11(12)13-10;2*1-2/h3-7H,2H2,1H3;2*1-2H3. The van der Waals surface area contributed by atoms with Crippen molar-refractivity contribution in [1.82, 2.24) is 0 Å². The Balaban J connectivity index is 0.000000581. The lowest BCUT2D eigenvalue weighted by Crippen LogP contribution is -1.94. The number of hydrogen-bond acceptors (Lipinski definition) is 2. The molecule has 2 heteroatoms. The molecule has 0 amide bonds. The molecular formula is C15H22O2. The van der Waals surface area contributed by atoms with Gasteiger partial charge in [0.1, 0.15) is 5.58 Å². The van der Waals surface area contributed by atoms with Crippen molar-refractivity contribution in [3.05, 3.63) is 46.3 Å². The number of aryl methyl sites for hydroxylation is 1. The summed E-state index contributed by atoms with van der Waals surface area (Å²) in [5.74, 6) is 0. The lowest BCUT2D eigenvalue weighted by atomic mass is 10.1. The summed E-state index contributed by atoms with van der Waals surface area (Å²) in [5, 5.41) is 0.985. The topological polar surface area (TPSA) is 30.2 Å². The maximum Gasteiger partial charge on any atom is 0.336 e. The van der Waals surface area contributed by atoms with Gasteiger partial charge in [0, 0.05) is 11.5 Å². The first-order chi connectivity index (χ1) is 8.29. The van der Waals surface area contributed by atoms with Gasteiger partial charge in [0.05, 0.1) is 0 Å². The Kier molecular flexibility index (Phi) is 7.78. The molecule has 2 nitrogen and oxygen atoms in total. The van der Waals surface area contributed by atoms with E-state index in [9.17, 15) is 4.79 Å². The molecule has 2 aromatic rings. The van der Waals surface area contributed by atoms with E-state index >= 15 is 0 Å². The van der Waals surface area contributed by atoms with Crippen molar-refractivity contribution in [2.45, 2.75) is 41.0 Å². The van der Waals surface area contributed by atoms with Gasteiger partial charge >= 0.3 is 5.63 Å². The monoisotopic (exact) mass is 234 g/mol. The molecular weight excluding hydrogens is 212 g/mol. The summed E-state index contributed by atoms with van der Waals surface area (Å²) in [6.45, 7) is 10.1. The first-order valence-electron chi connectivity index (χ1n) is 6.32. The molecule has 0 bridgehead atoms. The molecule has 0 radical (unpaired) electrons. The zero-order valence-electron chi connectivity index (χ0n) is 11.4. The average Bonchev–Trinajstić information content (AvgIpc) is 2.42. The maximum absolute atomic E-state index is 10.9. The molecule has 0 N–H and O–H groups in total. The fourth-order valence-corrected chi connectivity index (χ4v) is 1.34. The quantitative estimate of drug-likeness (QED) is 0.684. The highest BCUT2D eigenvalue weighted by atomic mass is 16.4. The molecule has 0 aliphatic carbocycles. The minimum atomic E-state index is -0.295. The molecule has 1 heterocycles. The van der Waals surface area contributed by atoms with Crippen LogP contribution in [0.15, 0.2) is 39.5 Å². The zero-order valence-corrected chi connectivity index (χ0v) is 11.4. The number of fused-ring (bicyclic) bond motifs is 1. The van der Waals surface area contributed by atoms with Crippen LogP contribution in [0.3, 0.4) is 0 Å². The molecule has 94 valence electrons. The van der Waals surface area contributed by atoms with E-state index in [0.29, 0.717) is 5.58 Å². The predicted molar refractivity (Wildman–Crippen MR) is 74.6 cm³/mol. The Labute approximate surface area is 103 Å². The van der Waals surface area contributed by atoms with Gasteiger partial charge in [-0.2, -0.15) is 0 Å².